The zero-order valence-electron chi connectivity index (χ0n) is 17.7. The van der Waals surface area contributed by atoms with Crippen LogP contribution in [-0.4, -0.2) is 36.7 Å². The highest BCUT2D eigenvalue weighted by molar-refractivity contribution is 5.81. The molecule has 0 spiro atoms. The number of aryl methyl sites for hydroxylation is 1. The average Bonchev–Trinajstić information content (AvgIpc) is 2.75. The van der Waals surface area contributed by atoms with Gasteiger partial charge in [-0.3, -0.25) is 4.90 Å². The summed E-state index contributed by atoms with van der Waals surface area (Å²) >= 11 is 0. The van der Waals surface area contributed by atoms with Crippen molar-refractivity contribution in [2.75, 3.05) is 13.7 Å². The number of alkyl halides is 3. The van der Waals surface area contributed by atoms with E-state index in [0.717, 1.165) is 4.90 Å². The van der Waals surface area contributed by atoms with E-state index in [2.05, 4.69) is 6.58 Å². The van der Waals surface area contributed by atoms with E-state index in [1.807, 2.05) is 0 Å². The zero-order valence-corrected chi connectivity index (χ0v) is 17.7. The molecule has 0 fully saturated rings. The number of esters is 1. The Morgan fingerprint density at radius 1 is 1.06 bits per heavy atom. The lowest BCUT2D eigenvalue weighted by atomic mass is 10.0. The predicted molar refractivity (Wildman–Crippen MR) is 109 cm³/mol. The summed E-state index contributed by atoms with van der Waals surface area (Å²) in [5.74, 6) is -4.34. The number of rotatable bonds is 9. The lowest BCUT2D eigenvalue weighted by Crippen LogP contribution is -2.44. The van der Waals surface area contributed by atoms with Crippen molar-refractivity contribution in [1.82, 2.24) is 4.90 Å². The number of carbonyl (C=O) groups excluding carboxylic acids is 2. The highest BCUT2D eigenvalue weighted by atomic mass is 19.4. The van der Waals surface area contributed by atoms with Crippen LogP contribution in [0.1, 0.15) is 23.1 Å². The van der Waals surface area contributed by atoms with Gasteiger partial charge >= 0.3 is 18.2 Å². The molecule has 1 unspecified atom stereocenters. The number of carbonyl (C=O) groups is 2. The third-order valence-corrected chi connectivity index (χ3v) is 4.67. The Balaban J connectivity index is 2.18. The quantitative estimate of drug-likeness (QED) is 0.284. The number of amides is 1. The molecule has 2 aromatic rings. The molecule has 0 radical (unpaired) electrons. The van der Waals surface area contributed by atoms with Crippen LogP contribution < -0.4 is 0 Å². The lowest BCUT2D eigenvalue weighted by Gasteiger charge is -2.26. The minimum atomic E-state index is -5.19. The van der Waals surface area contributed by atoms with Crippen molar-refractivity contribution in [3.63, 3.8) is 0 Å². The van der Waals surface area contributed by atoms with Crippen molar-refractivity contribution >= 4 is 12.1 Å². The summed E-state index contributed by atoms with van der Waals surface area (Å²) in [5, 5.41) is 0. The summed E-state index contributed by atoms with van der Waals surface area (Å²) in [6, 6.07) is 8.58. The molecule has 1 amide bonds. The molecule has 2 rings (SSSR count). The summed E-state index contributed by atoms with van der Waals surface area (Å²) < 4.78 is 76.3. The third-order valence-electron chi connectivity index (χ3n) is 4.67. The normalized spacial score (nSPS) is 12.1. The van der Waals surface area contributed by atoms with E-state index in [9.17, 15) is 31.5 Å². The van der Waals surface area contributed by atoms with E-state index in [-0.39, 0.29) is 31.6 Å². The second kappa shape index (κ2) is 11.4. The number of nitrogens with zero attached hydrogens (tertiary/aromatic N) is 1. The molecule has 0 N–H and O–H groups in total. The standard InChI is InChI=1S/C23H22F5NO4/c1-3-11-32-22(31)29(2)19(21(30)33-14-15-7-5-4-6-8-15)10-9-16-12-17(24)20(18(25)13-16)23(26,27)28/h3-8,12-13,19H,1,9-11,14H2,2H3. The van der Waals surface area contributed by atoms with Crippen molar-refractivity contribution in [2.24, 2.45) is 0 Å². The minimum Gasteiger partial charge on any atom is -0.459 e. The van der Waals surface area contributed by atoms with Gasteiger partial charge in [0.2, 0.25) is 0 Å². The molecule has 33 heavy (non-hydrogen) atoms. The van der Waals surface area contributed by atoms with Gasteiger partial charge in [0.25, 0.3) is 0 Å². The molecule has 0 aliphatic heterocycles. The number of ether oxygens (including phenoxy) is 2. The summed E-state index contributed by atoms with van der Waals surface area (Å²) in [6.07, 6.45) is -5.14. The van der Waals surface area contributed by atoms with Crippen molar-refractivity contribution < 1.29 is 41.0 Å². The molecule has 10 heteroatoms. The van der Waals surface area contributed by atoms with Gasteiger partial charge in [-0.25, -0.2) is 18.4 Å². The van der Waals surface area contributed by atoms with E-state index < -0.39 is 41.5 Å². The Bertz CT molecular complexity index is 956. The molecule has 0 saturated heterocycles. The largest absolute Gasteiger partial charge is 0.459 e. The number of hydrogen-bond acceptors (Lipinski definition) is 4. The van der Waals surface area contributed by atoms with E-state index >= 15 is 0 Å². The fourth-order valence-corrected chi connectivity index (χ4v) is 3.00. The van der Waals surface area contributed by atoms with Crippen LogP contribution in [0.3, 0.4) is 0 Å². The van der Waals surface area contributed by atoms with Crippen LogP contribution in [0, 0.1) is 11.6 Å². The smallest absolute Gasteiger partial charge is 0.422 e. The molecular weight excluding hydrogens is 449 g/mol. The van der Waals surface area contributed by atoms with Gasteiger partial charge in [-0.05, 0) is 36.1 Å². The first-order chi connectivity index (χ1) is 15.5. The molecule has 0 bridgehead atoms. The topological polar surface area (TPSA) is 55.8 Å². The Morgan fingerprint density at radius 3 is 2.21 bits per heavy atom. The first-order valence-corrected chi connectivity index (χ1v) is 9.80. The fraction of sp³-hybridized carbons (Fsp3) is 0.304. The van der Waals surface area contributed by atoms with Crippen molar-refractivity contribution in [3.05, 3.63) is 83.4 Å². The van der Waals surface area contributed by atoms with Gasteiger partial charge in [-0.1, -0.05) is 43.0 Å². The average molecular weight is 471 g/mol. The molecular formula is C23H22F5NO4. The predicted octanol–water partition coefficient (Wildman–Crippen LogP) is 5.28. The number of halogens is 5. The number of benzene rings is 2. The second-order valence-corrected chi connectivity index (χ2v) is 7.06. The molecule has 5 nitrogen and oxygen atoms in total. The summed E-state index contributed by atoms with van der Waals surface area (Å²) in [5.41, 5.74) is -1.42. The van der Waals surface area contributed by atoms with Gasteiger partial charge < -0.3 is 9.47 Å². The van der Waals surface area contributed by atoms with Gasteiger partial charge in [0.15, 0.2) is 0 Å². The van der Waals surface area contributed by atoms with Crippen molar-refractivity contribution in [1.29, 1.82) is 0 Å². The Kier molecular flexibility index (Phi) is 8.95. The maximum absolute atomic E-state index is 13.9. The highest BCUT2D eigenvalue weighted by Crippen LogP contribution is 2.34. The van der Waals surface area contributed by atoms with Crippen molar-refractivity contribution in [3.8, 4) is 0 Å². The summed E-state index contributed by atoms with van der Waals surface area (Å²) in [4.78, 5) is 25.8. The summed E-state index contributed by atoms with van der Waals surface area (Å²) in [6.45, 7) is 3.20. The lowest BCUT2D eigenvalue weighted by molar-refractivity contribution is -0.150. The van der Waals surface area contributed by atoms with E-state index in [1.165, 1.54) is 13.1 Å². The van der Waals surface area contributed by atoms with Crippen LogP contribution in [0.25, 0.3) is 0 Å². The molecule has 0 saturated carbocycles. The van der Waals surface area contributed by atoms with Crippen LogP contribution in [0.15, 0.2) is 55.1 Å². The molecule has 1 atom stereocenters. The molecule has 0 aromatic heterocycles. The number of hydrogen-bond donors (Lipinski definition) is 0. The van der Waals surface area contributed by atoms with E-state index in [0.29, 0.717) is 17.7 Å². The van der Waals surface area contributed by atoms with Gasteiger partial charge in [0.05, 0.1) is 0 Å². The van der Waals surface area contributed by atoms with Gasteiger partial charge in [-0.15, -0.1) is 0 Å². The third kappa shape index (κ3) is 7.30. The molecule has 0 aliphatic carbocycles. The first kappa shape index (κ1) is 25.8. The molecule has 0 heterocycles. The Morgan fingerprint density at radius 2 is 1.67 bits per heavy atom. The van der Waals surface area contributed by atoms with Crippen LogP contribution >= 0.6 is 0 Å². The Labute approximate surface area is 187 Å². The molecule has 178 valence electrons. The number of likely N-dealkylation sites (N-methyl/N-ethyl adjacent to an activating group) is 1. The van der Waals surface area contributed by atoms with Crippen LogP contribution in [0.5, 0.6) is 0 Å². The second-order valence-electron chi connectivity index (χ2n) is 7.06. The highest BCUT2D eigenvalue weighted by Gasteiger charge is 2.38. The zero-order chi connectivity index (χ0) is 24.6. The Hall–Kier alpha value is -3.43. The SMILES string of the molecule is C=CCOC(=O)N(C)C(CCc1cc(F)c(C(F)(F)F)c(F)c1)C(=O)OCc1ccccc1. The molecule has 0 aliphatic rings. The van der Waals surface area contributed by atoms with Gasteiger partial charge in [-0.2, -0.15) is 13.2 Å². The van der Waals surface area contributed by atoms with Crippen molar-refractivity contribution in [2.45, 2.75) is 31.7 Å². The van der Waals surface area contributed by atoms with Gasteiger partial charge in [0, 0.05) is 7.05 Å². The van der Waals surface area contributed by atoms with Gasteiger partial charge in [0.1, 0.15) is 36.5 Å². The van der Waals surface area contributed by atoms with E-state index in [1.54, 1.807) is 30.3 Å². The maximum Gasteiger partial charge on any atom is 0.422 e. The van der Waals surface area contributed by atoms with Crippen LogP contribution in [0.2, 0.25) is 0 Å². The fourth-order valence-electron chi connectivity index (χ4n) is 3.00. The molecule has 2 aromatic carbocycles. The monoisotopic (exact) mass is 471 g/mol. The van der Waals surface area contributed by atoms with Crippen LogP contribution in [0.4, 0.5) is 26.7 Å². The maximum atomic E-state index is 13.9. The first-order valence-electron chi connectivity index (χ1n) is 9.80. The minimum absolute atomic E-state index is 0.0880. The van der Waals surface area contributed by atoms with Crippen LogP contribution in [-0.2, 0) is 33.5 Å². The van der Waals surface area contributed by atoms with E-state index in [4.69, 9.17) is 9.47 Å². The summed E-state index contributed by atoms with van der Waals surface area (Å²) in [7, 11) is 1.27.